The van der Waals surface area contributed by atoms with Gasteiger partial charge >= 0.3 is 15.2 Å². The van der Waals surface area contributed by atoms with Gasteiger partial charge in [-0.3, -0.25) is 14.4 Å². The maximum atomic E-state index is 11.1. The minimum Gasteiger partial charge on any atom is -0.323 e. The van der Waals surface area contributed by atoms with Gasteiger partial charge in [0, 0.05) is 18.1 Å². The van der Waals surface area contributed by atoms with E-state index in [4.69, 9.17) is 19.6 Å². The highest BCUT2D eigenvalue weighted by Crippen LogP contribution is 2.58. The molecule has 1 aromatic rings. The number of unbranched alkanes of at least 4 members (excludes halogenated alkanes) is 5. The predicted molar refractivity (Wildman–Crippen MR) is 96.3 cm³/mol. The summed E-state index contributed by atoms with van der Waals surface area (Å²) in [5.74, 6) is 0.956. The number of aromatic nitrogens is 2. The molecule has 0 spiro atoms. The highest BCUT2D eigenvalue weighted by Gasteiger charge is 2.42. The Hall–Kier alpha value is -0.310. The van der Waals surface area contributed by atoms with Crippen LogP contribution in [0.3, 0.4) is 0 Å². The molecule has 0 aliphatic heterocycles. The quantitative estimate of drug-likeness (QED) is 0.141. The van der Waals surface area contributed by atoms with Crippen LogP contribution < -0.4 is 5.32 Å². The van der Waals surface area contributed by atoms with Gasteiger partial charge in [0.1, 0.15) is 0 Å². The third kappa shape index (κ3) is 10.4. The first kappa shape index (κ1) is 22.7. The number of hydrogen-bond donors (Lipinski definition) is 5. The van der Waals surface area contributed by atoms with Gasteiger partial charge in [-0.1, -0.05) is 37.4 Å². The average molecular weight is 413 g/mol. The zero-order chi connectivity index (χ0) is 18.8. The third-order valence-corrected chi connectivity index (χ3v) is 7.71. The normalized spacial score (nSPS) is 12.7. The summed E-state index contributed by atoms with van der Waals surface area (Å²) in [5, 5.41) is 3.06. The summed E-state index contributed by atoms with van der Waals surface area (Å²) in [4.78, 5) is 44.1. The van der Waals surface area contributed by atoms with Gasteiger partial charge in [-0.05, 0) is 25.5 Å². The van der Waals surface area contributed by atoms with Crippen molar-refractivity contribution in [3.05, 3.63) is 18.5 Å². The Balaban J connectivity index is 2.03. The van der Waals surface area contributed by atoms with Gasteiger partial charge in [-0.25, -0.2) is 9.97 Å². The molecular formula is C13H25N3O6P2S. The first-order valence-electron chi connectivity index (χ1n) is 7.95. The summed E-state index contributed by atoms with van der Waals surface area (Å²) < 4.78 is 22.2. The fourth-order valence-corrected chi connectivity index (χ4v) is 5.23. The fourth-order valence-electron chi connectivity index (χ4n) is 2.12. The Bertz CT molecular complexity index is 560. The Labute approximate surface area is 151 Å². The monoisotopic (exact) mass is 413 g/mol. The summed E-state index contributed by atoms with van der Waals surface area (Å²) in [6, 6.07) is 1.78. The SMILES string of the molecule is O=P(O)(O)C(NCCCCCCCCSc1ncccn1)P(=O)(O)O. The highest BCUT2D eigenvalue weighted by molar-refractivity contribution is 7.99. The molecule has 5 N–H and O–H groups in total. The van der Waals surface area contributed by atoms with Crippen LogP contribution in [0.5, 0.6) is 0 Å². The number of thioether (sulfide) groups is 1. The van der Waals surface area contributed by atoms with Crippen molar-refractivity contribution in [2.75, 3.05) is 12.3 Å². The molecule has 1 aromatic heterocycles. The van der Waals surface area contributed by atoms with E-state index in [0.717, 1.165) is 43.0 Å². The number of nitrogens with one attached hydrogen (secondary N) is 1. The molecule has 0 bridgehead atoms. The lowest BCUT2D eigenvalue weighted by molar-refractivity contribution is 0.327. The maximum absolute atomic E-state index is 11.1. The Morgan fingerprint density at radius 2 is 1.44 bits per heavy atom. The summed E-state index contributed by atoms with van der Waals surface area (Å²) in [6.45, 7) is 0.155. The molecule has 0 radical (unpaired) electrons. The minimum atomic E-state index is -4.88. The Kier molecular flexibility index (Phi) is 10.4. The van der Waals surface area contributed by atoms with Gasteiger partial charge in [0.05, 0.1) is 0 Å². The van der Waals surface area contributed by atoms with Gasteiger partial charge in [-0.2, -0.15) is 0 Å². The van der Waals surface area contributed by atoms with Crippen molar-refractivity contribution in [3.63, 3.8) is 0 Å². The molecule has 0 saturated carbocycles. The van der Waals surface area contributed by atoms with Gasteiger partial charge < -0.3 is 19.6 Å². The molecule has 0 fully saturated rings. The van der Waals surface area contributed by atoms with E-state index < -0.39 is 20.7 Å². The second-order valence-corrected chi connectivity index (χ2v) is 10.4. The molecule has 0 aliphatic carbocycles. The first-order valence-corrected chi connectivity index (χ1v) is 12.3. The number of hydrogen-bond acceptors (Lipinski definition) is 6. The van der Waals surface area contributed by atoms with Crippen LogP contribution in [0, 0.1) is 0 Å². The standard InChI is InChI=1S/C13H25N3O6P2S/c17-23(18,19)13(24(20,21)22)16-8-5-3-1-2-4-6-11-25-12-14-9-7-10-15-12/h7,9-10,13,16H,1-6,8,11H2,(H2,17,18,19)(H2,20,21,22). The lowest BCUT2D eigenvalue weighted by atomic mass is 10.1. The van der Waals surface area contributed by atoms with Crippen LogP contribution in [0.25, 0.3) is 0 Å². The summed E-state index contributed by atoms with van der Waals surface area (Å²) in [5.41, 5.74) is -2.11. The molecule has 144 valence electrons. The highest BCUT2D eigenvalue weighted by atomic mass is 32.2. The smallest absolute Gasteiger partial charge is 0.323 e. The van der Waals surface area contributed by atoms with E-state index in [0.29, 0.717) is 6.42 Å². The van der Waals surface area contributed by atoms with Crippen molar-refractivity contribution in [2.24, 2.45) is 0 Å². The molecule has 0 saturated heterocycles. The fraction of sp³-hybridized carbons (Fsp3) is 0.692. The maximum Gasteiger partial charge on any atom is 0.354 e. The molecular weight excluding hydrogens is 388 g/mol. The van der Waals surface area contributed by atoms with E-state index in [1.165, 1.54) is 0 Å². The van der Waals surface area contributed by atoms with Crippen molar-refractivity contribution in [2.45, 2.75) is 49.2 Å². The predicted octanol–water partition coefficient (Wildman–Crippen LogP) is 2.14. The van der Waals surface area contributed by atoms with Gasteiger partial charge in [0.15, 0.2) is 5.16 Å². The van der Waals surface area contributed by atoms with Crippen molar-refractivity contribution in [3.8, 4) is 0 Å². The molecule has 0 atom stereocenters. The van der Waals surface area contributed by atoms with Crippen LogP contribution in [-0.2, 0) is 9.13 Å². The van der Waals surface area contributed by atoms with Crippen LogP contribution in [0.4, 0.5) is 0 Å². The molecule has 0 aromatic carbocycles. The van der Waals surface area contributed by atoms with Crippen LogP contribution >= 0.6 is 27.0 Å². The molecule has 0 unspecified atom stereocenters. The molecule has 9 nitrogen and oxygen atoms in total. The first-order chi connectivity index (χ1) is 11.7. The molecule has 0 amide bonds. The van der Waals surface area contributed by atoms with Gasteiger partial charge in [0.25, 0.3) is 0 Å². The lowest BCUT2D eigenvalue weighted by Crippen LogP contribution is -2.29. The number of rotatable bonds is 13. The van der Waals surface area contributed by atoms with Crippen LogP contribution in [0.2, 0.25) is 0 Å². The van der Waals surface area contributed by atoms with Crippen molar-refractivity contribution in [1.29, 1.82) is 0 Å². The van der Waals surface area contributed by atoms with E-state index in [-0.39, 0.29) is 6.54 Å². The van der Waals surface area contributed by atoms with Crippen molar-refractivity contribution < 1.29 is 28.7 Å². The topological polar surface area (TPSA) is 153 Å². The Morgan fingerprint density at radius 3 is 2.00 bits per heavy atom. The third-order valence-electron chi connectivity index (χ3n) is 3.31. The van der Waals surface area contributed by atoms with E-state index in [1.807, 2.05) is 0 Å². The van der Waals surface area contributed by atoms with Gasteiger partial charge in [0.2, 0.25) is 5.52 Å². The molecule has 1 heterocycles. The van der Waals surface area contributed by atoms with Crippen molar-refractivity contribution >= 4 is 27.0 Å². The largest absolute Gasteiger partial charge is 0.354 e. The summed E-state index contributed by atoms with van der Waals surface area (Å²) in [7, 11) is -9.77. The molecule has 25 heavy (non-hydrogen) atoms. The zero-order valence-corrected chi connectivity index (χ0v) is 16.4. The van der Waals surface area contributed by atoms with E-state index >= 15 is 0 Å². The molecule has 12 heteroatoms. The van der Waals surface area contributed by atoms with Crippen LogP contribution in [-0.4, -0.2) is 47.4 Å². The van der Waals surface area contributed by atoms with E-state index in [2.05, 4.69) is 15.3 Å². The molecule has 1 rings (SSSR count). The summed E-state index contributed by atoms with van der Waals surface area (Å²) in [6.07, 6.45) is 8.99. The van der Waals surface area contributed by atoms with Crippen molar-refractivity contribution in [1.82, 2.24) is 15.3 Å². The molecule has 0 aliphatic rings. The van der Waals surface area contributed by atoms with Crippen LogP contribution in [0.15, 0.2) is 23.6 Å². The second kappa shape index (κ2) is 11.4. The average Bonchev–Trinajstić information content (AvgIpc) is 2.51. The van der Waals surface area contributed by atoms with Gasteiger partial charge in [-0.15, -0.1) is 0 Å². The Morgan fingerprint density at radius 1 is 0.920 bits per heavy atom. The van der Waals surface area contributed by atoms with Crippen LogP contribution in [0.1, 0.15) is 38.5 Å². The second-order valence-electron chi connectivity index (χ2n) is 5.51. The zero-order valence-electron chi connectivity index (χ0n) is 13.8. The number of nitrogens with zero attached hydrogens (tertiary/aromatic N) is 2. The van der Waals surface area contributed by atoms with E-state index in [1.54, 1.807) is 30.2 Å². The lowest BCUT2D eigenvalue weighted by Gasteiger charge is -2.20. The minimum absolute atomic E-state index is 0.155. The van der Waals surface area contributed by atoms with E-state index in [9.17, 15) is 9.13 Å². The summed E-state index contributed by atoms with van der Waals surface area (Å²) >= 11 is 1.62.